The summed E-state index contributed by atoms with van der Waals surface area (Å²) in [6.07, 6.45) is 81.4. The van der Waals surface area contributed by atoms with Gasteiger partial charge in [-0.2, -0.15) is 0 Å². The van der Waals surface area contributed by atoms with Crippen molar-refractivity contribution in [2.75, 3.05) is 13.2 Å². The van der Waals surface area contributed by atoms with Crippen LogP contribution in [0.25, 0.3) is 0 Å². The first-order chi connectivity index (χ1) is 42.3. The zero-order valence-electron chi connectivity index (χ0n) is 57.4. The number of allylic oxidation sites excluding steroid dienone is 4. The van der Waals surface area contributed by atoms with Crippen LogP contribution in [0.1, 0.15) is 406 Å². The lowest BCUT2D eigenvalue weighted by Gasteiger charge is -2.40. The fraction of sp³-hybridized carbons (Fsp3) is 0.935. The van der Waals surface area contributed by atoms with E-state index in [9.17, 15) is 30.3 Å². The van der Waals surface area contributed by atoms with Gasteiger partial charge < -0.3 is 40.3 Å². The number of aliphatic hydroxyl groups excluding tert-OH is 5. The normalized spacial score (nSPS) is 18.1. The molecule has 86 heavy (non-hydrogen) atoms. The summed E-state index contributed by atoms with van der Waals surface area (Å²) in [5.74, 6) is -0.134. The van der Waals surface area contributed by atoms with Crippen molar-refractivity contribution in [3.05, 3.63) is 24.3 Å². The van der Waals surface area contributed by atoms with E-state index in [0.29, 0.717) is 12.8 Å². The Balaban J connectivity index is 2.04. The Morgan fingerprint density at radius 2 is 0.686 bits per heavy atom. The fourth-order valence-corrected chi connectivity index (χ4v) is 12.8. The maximum absolute atomic E-state index is 13.2. The Morgan fingerprint density at radius 1 is 0.395 bits per heavy atom. The number of amides is 1. The monoisotopic (exact) mass is 1220 g/mol. The molecule has 0 aromatic rings. The summed E-state index contributed by atoms with van der Waals surface area (Å²) < 4.78 is 11.4. The lowest BCUT2D eigenvalue weighted by atomic mass is 9.99. The van der Waals surface area contributed by atoms with Gasteiger partial charge in [-0.3, -0.25) is 4.79 Å². The van der Waals surface area contributed by atoms with Crippen LogP contribution >= 0.6 is 0 Å². The number of ether oxygens (including phenoxy) is 2. The van der Waals surface area contributed by atoms with Crippen LogP contribution in [0, 0.1) is 0 Å². The number of carbonyl (C=O) groups is 1. The third kappa shape index (κ3) is 54.4. The zero-order valence-corrected chi connectivity index (χ0v) is 57.4. The van der Waals surface area contributed by atoms with Gasteiger partial charge in [0.2, 0.25) is 5.91 Å². The van der Waals surface area contributed by atoms with Crippen LogP contribution in [0.3, 0.4) is 0 Å². The molecule has 0 aliphatic carbocycles. The van der Waals surface area contributed by atoms with Gasteiger partial charge >= 0.3 is 0 Å². The molecule has 1 aliphatic heterocycles. The van der Waals surface area contributed by atoms with Gasteiger partial charge in [-0.1, -0.05) is 378 Å². The summed E-state index contributed by atoms with van der Waals surface area (Å²) in [6.45, 7) is 3.89. The van der Waals surface area contributed by atoms with Gasteiger partial charge in [-0.15, -0.1) is 0 Å². The SMILES string of the molecule is CCCCCCC/C=C\C/C=C\CCCCCCCCCCCCCCCCCCCCCCCCCCCC(=O)NC(COC1OC(CO)C(O)C(O)C1O)C(O)CCCCCCCCCCCCCCCCCCCCCCCCCCCC. The van der Waals surface area contributed by atoms with E-state index in [1.807, 2.05) is 0 Å². The molecule has 1 saturated heterocycles. The fourth-order valence-electron chi connectivity index (χ4n) is 12.8. The molecule has 1 amide bonds. The summed E-state index contributed by atoms with van der Waals surface area (Å²) in [6, 6.07) is -0.718. The van der Waals surface area contributed by atoms with Gasteiger partial charge in [-0.25, -0.2) is 0 Å². The minimum atomic E-state index is -1.55. The highest BCUT2D eigenvalue weighted by Crippen LogP contribution is 2.24. The van der Waals surface area contributed by atoms with Crippen molar-refractivity contribution in [2.45, 2.75) is 448 Å². The first-order valence-corrected chi connectivity index (χ1v) is 38.5. The molecule has 7 unspecified atom stereocenters. The van der Waals surface area contributed by atoms with Gasteiger partial charge in [0.25, 0.3) is 0 Å². The highest BCUT2D eigenvalue weighted by molar-refractivity contribution is 5.76. The van der Waals surface area contributed by atoms with Crippen LogP contribution in [0.4, 0.5) is 0 Å². The number of hydrogen-bond donors (Lipinski definition) is 6. The molecule has 7 atom stereocenters. The van der Waals surface area contributed by atoms with Crippen LogP contribution in [-0.4, -0.2) is 87.5 Å². The largest absolute Gasteiger partial charge is 0.394 e. The van der Waals surface area contributed by atoms with Crippen molar-refractivity contribution in [3.8, 4) is 0 Å². The minimum absolute atomic E-state index is 0.132. The molecular formula is C77H149NO8. The molecule has 9 nitrogen and oxygen atoms in total. The number of carbonyl (C=O) groups excluding carboxylic acids is 1. The Morgan fingerprint density at radius 3 is 1.00 bits per heavy atom. The second kappa shape index (κ2) is 66.6. The molecule has 6 N–H and O–H groups in total. The highest BCUT2D eigenvalue weighted by atomic mass is 16.7. The van der Waals surface area contributed by atoms with Crippen molar-refractivity contribution in [1.29, 1.82) is 0 Å². The van der Waals surface area contributed by atoms with E-state index in [1.165, 1.54) is 334 Å². The molecule has 1 heterocycles. The Labute approximate surface area is 534 Å². The molecule has 1 aliphatic rings. The Kier molecular flexibility index (Phi) is 64.0. The van der Waals surface area contributed by atoms with Gasteiger partial charge in [0, 0.05) is 6.42 Å². The molecule has 0 aromatic carbocycles. The third-order valence-corrected chi connectivity index (χ3v) is 18.8. The maximum atomic E-state index is 13.2. The van der Waals surface area contributed by atoms with Crippen LogP contribution in [0.15, 0.2) is 24.3 Å². The molecule has 0 saturated carbocycles. The lowest BCUT2D eigenvalue weighted by Crippen LogP contribution is -2.60. The lowest BCUT2D eigenvalue weighted by molar-refractivity contribution is -0.302. The number of hydrogen-bond acceptors (Lipinski definition) is 8. The van der Waals surface area contributed by atoms with E-state index in [0.717, 1.165) is 44.9 Å². The van der Waals surface area contributed by atoms with Crippen molar-refractivity contribution in [2.24, 2.45) is 0 Å². The van der Waals surface area contributed by atoms with E-state index < -0.39 is 49.5 Å². The van der Waals surface area contributed by atoms with Crippen molar-refractivity contribution >= 4 is 5.91 Å². The van der Waals surface area contributed by atoms with Gasteiger partial charge in [0.1, 0.15) is 24.4 Å². The predicted octanol–water partition coefficient (Wildman–Crippen LogP) is 21.6. The number of rotatable bonds is 69. The summed E-state index contributed by atoms with van der Waals surface area (Å²) in [5, 5.41) is 55.0. The van der Waals surface area contributed by atoms with E-state index >= 15 is 0 Å². The van der Waals surface area contributed by atoms with Gasteiger partial charge in [-0.05, 0) is 44.9 Å². The Bertz CT molecular complexity index is 1410. The third-order valence-electron chi connectivity index (χ3n) is 18.8. The average Bonchev–Trinajstić information content (AvgIpc) is 2.44. The van der Waals surface area contributed by atoms with Crippen LogP contribution in [-0.2, 0) is 14.3 Å². The molecule has 0 radical (unpaired) electrons. The Hall–Kier alpha value is -1.33. The maximum Gasteiger partial charge on any atom is 0.220 e. The smallest absolute Gasteiger partial charge is 0.220 e. The van der Waals surface area contributed by atoms with Crippen molar-refractivity contribution < 1.29 is 39.8 Å². The van der Waals surface area contributed by atoms with Crippen LogP contribution in [0.5, 0.6) is 0 Å². The molecule has 0 bridgehead atoms. The standard InChI is InChI=1S/C77H149NO8/c1-3-5-7-9-11-13-15-17-19-21-23-25-27-29-31-32-33-34-35-36-37-38-39-40-41-43-45-47-49-51-53-55-57-59-61-63-65-67-73(81)78-70(69-85-77-76(84)75(83)74(82)72(68-79)86-77)71(80)66-64-62-60-58-56-54-52-50-48-46-44-42-30-28-26-24-22-20-18-16-14-12-10-8-6-4-2/h15,17,21,23,70-72,74-77,79-80,82-84H,3-14,16,18-20,22,24-69H2,1-2H3,(H,78,81)/b17-15-,23-21-. The molecule has 0 spiro atoms. The quantitative estimate of drug-likeness (QED) is 0.0261. The minimum Gasteiger partial charge on any atom is -0.394 e. The number of aliphatic hydroxyl groups is 5. The summed E-state index contributed by atoms with van der Waals surface area (Å²) in [7, 11) is 0. The second-order valence-electron chi connectivity index (χ2n) is 27.2. The summed E-state index contributed by atoms with van der Waals surface area (Å²) in [5.41, 5.74) is 0. The van der Waals surface area contributed by atoms with Gasteiger partial charge in [0.15, 0.2) is 6.29 Å². The van der Waals surface area contributed by atoms with Crippen molar-refractivity contribution in [3.63, 3.8) is 0 Å². The van der Waals surface area contributed by atoms with Crippen molar-refractivity contribution in [1.82, 2.24) is 5.32 Å². The van der Waals surface area contributed by atoms with E-state index in [-0.39, 0.29) is 12.5 Å². The topological polar surface area (TPSA) is 149 Å². The van der Waals surface area contributed by atoms with E-state index in [4.69, 9.17) is 9.47 Å². The van der Waals surface area contributed by atoms with E-state index in [2.05, 4.69) is 43.5 Å². The molecular weight excluding hydrogens is 1070 g/mol. The predicted molar refractivity (Wildman–Crippen MR) is 369 cm³/mol. The molecule has 0 aromatic heterocycles. The first-order valence-electron chi connectivity index (χ1n) is 38.5. The summed E-state index contributed by atoms with van der Waals surface area (Å²) in [4.78, 5) is 13.2. The van der Waals surface area contributed by atoms with Gasteiger partial charge in [0.05, 0.1) is 25.4 Å². The van der Waals surface area contributed by atoms with E-state index in [1.54, 1.807) is 0 Å². The molecule has 1 rings (SSSR count). The highest BCUT2D eigenvalue weighted by Gasteiger charge is 2.44. The zero-order chi connectivity index (χ0) is 62.1. The molecule has 510 valence electrons. The molecule has 9 heteroatoms. The number of unbranched alkanes of at least 4 members (excludes halogenated alkanes) is 55. The number of nitrogens with one attached hydrogen (secondary N) is 1. The van der Waals surface area contributed by atoms with Crippen LogP contribution < -0.4 is 5.32 Å². The average molecular weight is 1220 g/mol. The summed E-state index contributed by atoms with van der Waals surface area (Å²) >= 11 is 0. The second-order valence-corrected chi connectivity index (χ2v) is 27.2. The first kappa shape index (κ1) is 82.7. The van der Waals surface area contributed by atoms with Crippen LogP contribution in [0.2, 0.25) is 0 Å². The molecule has 1 fully saturated rings.